The standard InChI is InChI=1S/C22H23Cl2N3O/c1-22(2,3)20-13-19(27(26-20)18-6-4-5-17(24)12-18)14-25-21(28)11-15-7-9-16(23)10-8-15/h4-10,12-13H,11,14H2,1-3H3,(H,25,28). The van der Waals surface area contributed by atoms with Crippen LogP contribution in [0.5, 0.6) is 0 Å². The normalized spacial score (nSPS) is 11.5. The van der Waals surface area contributed by atoms with Crippen LogP contribution in [-0.4, -0.2) is 15.7 Å². The van der Waals surface area contributed by atoms with Gasteiger partial charge in [0.15, 0.2) is 0 Å². The molecule has 0 atom stereocenters. The number of nitrogens with one attached hydrogen (secondary N) is 1. The molecule has 1 N–H and O–H groups in total. The summed E-state index contributed by atoms with van der Waals surface area (Å²) in [5, 5.41) is 9.04. The molecule has 0 aliphatic rings. The Balaban J connectivity index is 1.79. The van der Waals surface area contributed by atoms with Crippen molar-refractivity contribution in [2.45, 2.75) is 39.2 Å². The van der Waals surface area contributed by atoms with Gasteiger partial charge in [-0.05, 0) is 42.0 Å². The van der Waals surface area contributed by atoms with Crippen molar-refractivity contribution >= 4 is 29.1 Å². The second kappa shape index (κ2) is 8.38. The molecule has 0 fully saturated rings. The van der Waals surface area contributed by atoms with Crippen LogP contribution in [0.25, 0.3) is 5.69 Å². The van der Waals surface area contributed by atoms with Crippen molar-refractivity contribution in [3.63, 3.8) is 0 Å². The van der Waals surface area contributed by atoms with Crippen molar-refractivity contribution in [1.29, 1.82) is 0 Å². The summed E-state index contributed by atoms with van der Waals surface area (Å²) in [4.78, 5) is 12.4. The Bertz CT molecular complexity index is 972. The molecule has 1 heterocycles. The molecular formula is C22H23Cl2N3O. The lowest BCUT2D eigenvalue weighted by atomic mass is 9.92. The first kappa shape index (κ1) is 20.4. The fourth-order valence-corrected chi connectivity index (χ4v) is 3.09. The molecule has 0 bridgehead atoms. The van der Waals surface area contributed by atoms with Gasteiger partial charge in [0.1, 0.15) is 0 Å². The highest BCUT2D eigenvalue weighted by Gasteiger charge is 2.21. The van der Waals surface area contributed by atoms with Gasteiger partial charge in [-0.15, -0.1) is 0 Å². The number of carbonyl (C=O) groups is 1. The topological polar surface area (TPSA) is 46.9 Å². The molecular weight excluding hydrogens is 393 g/mol. The molecule has 0 aliphatic heterocycles. The molecule has 0 radical (unpaired) electrons. The Morgan fingerprint density at radius 1 is 1.04 bits per heavy atom. The van der Waals surface area contributed by atoms with E-state index in [1.807, 2.05) is 47.1 Å². The van der Waals surface area contributed by atoms with Gasteiger partial charge in [-0.2, -0.15) is 5.10 Å². The van der Waals surface area contributed by atoms with Gasteiger partial charge >= 0.3 is 0 Å². The summed E-state index contributed by atoms with van der Waals surface area (Å²) in [7, 11) is 0. The lowest BCUT2D eigenvalue weighted by Crippen LogP contribution is -2.25. The van der Waals surface area contributed by atoms with E-state index in [1.165, 1.54) is 0 Å². The van der Waals surface area contributed by atoms with Crippen molar-refractivity contribution < 1.29 is 4.79 Å². The average molecular weight is 416 g/mol. The van der Waals surface area contributed by atoms with Crippen molar-refractivity contribution in [2.75, 3.05) is 0 Å². The minimum atomic E-state index is -0.105. The second-order valence-corrected chi connectivity index (χ2v) is 8.62. The zero-order chi connectivity index (χ0) is 20.3. The first-order chi connectivity index (χ1) is 13.2. The maximum Gasteiger partial charge on any atom is 0.224 e. The Labute approximate surface area is 175 Å². The van der Waals surface area contributed by atoms with Gasteiger partial charge < -0.3 is 5.32 Å². The molecule has 2 aromatic carbocycles. The molecule has 6 heteroatoms. The summed E-state index contributed by atoms with van der Waals surface area (Å²) in [5.74, 6) is -0.0570. The largest absolute Gasteiger partial charge is 0.350 e. The zero-order valence-corrected chi connectivity index (χ0v) is 17.7. The monoisotopic (exact) mass is 415 g/mol. The first-order valence-corrected chi connectivity index (χ1v) is 9.84. The predicted octanol–water partition coefficient (Wildman–Crippen LogP) is 5.34. The summed E-state index contributed by atoms with van der Waals surface area (Å²) in [6, 6.07) is 16.8. The van der Waals surface area contributed by atoms with E-state index in [1.54, 1.807) is 12.1 Å². The quantitative estimate of drug-likeness (QED) is 0.611. The smallest absolute Gasteiger partial charge is 0.224 e. The molecule has 4 nitrogen and oxygen atoms in total. The van der Waals surface area contributed by atoms with E-state index in [9.17, 15) is 4.79 Å². The van der Waals surface area contributed by atoms with E-state index < -0.39 is 0 Å². The van der Waals surface area contributed by atoms with Gasteiger partial charge in [0, 0.05) is 15.5 Å². The zero-order valence-electron chi connectivity index (χ0n) is 16.2. The van der Waals surface area contributed by atoms with E-state index in [2.05, 4.69) is 26.1 Å². The third-order valence-electron chi connectivity index (χ3n) is 4.35. The number of hydrogen-bond donors (Lipinski definition) is 1. The average Bonchev–Trinajstić information content (AvgIpc) is 3.07. The predicted molar refractivity (Wildman–Crippen MR) is 114 cm³/mol. The summed E-state index contributed by atoms with van der Waals surface area (Å²) >= 11 is 12.0. The van der Waals surface area contributed by atoms with Gasteiger partial charge in [-0.3, -0.25) is 4.79 Å². The maximum absolute atomic E-state index is 12.4. The van der Waals surface area contributed by atoms with Crippen LogP contribution in [0.15, 0.2) is 54.6 Å². The number of aromatic nitrogens is 2. The fraction of sp³-hybridized carbons (Fsp3) is 0.273. The second-order valence-electron chi connectivity index (χ2n) is 7.74. The number of carbonyl (C=O) groups excluding carboxylic acids is 1. The van der Waals surface area contributed by atoms with Crippen LogP contribution in [0.3, 0.4) is 0 Å². The first-order valence-electron chi connectivity index (χ1n) is 9.09. The third kappa shape index (κ3) is 5.15. The molecule has 146 valence electrons. The van der Waals surface area contributed by atoms with Crippen LogP contribution < -0.4 is 5.32 Å². The van der Waals surface area contributed by atoms with Crippen LogP contribution in [0.1, 0.15) is 37.7 Å². The number of nitrogens with zero attached hydrogens (tertiary/aromatic N) is 2. The van der Waals surface area contributed by atoms with Gasteiger partial charge in [-0.25, -0.2) is 4.68 Å². The van der Waals surface area contributed by atoms with Crippen LogP contribution in [0, 0.1) is 0 Å². The Morgan fingerprint density at radius 2 is 1.75 bits per heavy atom. The van der Waals surface area contributed by atoms with E-state index in [0.717, 1.165) is 22.6 Å². The van der Waals surface area contributed by atoms with Crippen LogP contribution in [-0.2, 0) is 23.2 Å². The van der Waals surface area contributed by atoms with Gasteiger partial charge in [0.2, 0.25) is 5.91 Å². The molecule has 0 saturated carbocycles. The molecule has 1 aromatic heterocycles. The molecule has 28 heavy (non-hydrogen) atoms. The SMILES string of the molecule is CC(C)(C)c1cc(CNC(=O)Cc2ccc(Cl)cc2)n(-c2cccc(Cl)c2)n1. The highest BCUT2D eigenvalue weighted by molar-refractivity contribution is 6.30. The van der Waals surface area contributed by atoms with E-state index in [4.69, 9.17) is 28.3 Å². The fourth-order valence-electron chi connectivity index (χ4n) is 2.78. The van der Waals surface area contributed by atoms with Gasteiger partial charge in [0.25, 0.3) is 0 Å². The van der Waals surface area contributed by atoms with Crippen LogP contribution in [0.2, 0.25) is 10.0 Å². The number of amides is 1. The molecule has 0 aliphatic carbocycles. The molecule has 3 rings (SSSR count). The van der Waals surface area contributed by atoms with Gasteiger partial charge in [-0.1, -0.05) is 62.2 Å². The highest BCUT2D eigenvalue weighted by Crippen LogP contribution is 2.24. The van der Waals surface area contributed by atoms with E-state index >= 15 is 0 Å². The van der Waals surface area contributed by atoms with Crippen LogP contribution >= 0.6 is 23.2 Å². The minimum absolute atomic E-state index is 0.0570. The summed E-state index contributed by atoms with van der Waals surface area (Å²) in [6.07, 6.45) is 0.300. The molecule has 0 spiro atoms. The van der Waals surface area contributed by atoms with Crippen molar-refractivity contribution in [3.8, 4) is 5.69 Å². The molecule has 1 amide bonds. The molecule has 3 aromatic rings. The molecule has 0 saturated heterocycles. The minimum Gasteiger partial charge on any atom is -0.350 e. The van der Waals surface area contributed by atoms with Crippen LogP contribution in [0.4, 0.5) is 0 Å². The number of rotatable bonds is 5. The summed E-state index contributed by atoms with van der Waals surface area (Å²) in [6.45, 7) is 6.71. The lowest BCUT2D eigenvalue weighted by Gasteiger charge is -2.14. The van der Waals surface area contributed by atoms with E-state index in [-0.39, 0.29) is 11.3 Å². The number of hydrogen-bond acceptors (Lipinski definition) is 2. The Morgan fingerprint density at radius 3 is 2.39 bits per heavy atom. The number of halogens is 2. The Kier molecular flexibility index (Phi) is 6.11. The summed E-state index contributed by atoms with van der Waals surface area (Å²) < 4.78 is 1.84. The highest BCUT2D eigenvalue weighted by atomic mass is 35.5. The van der Waals surface area contributed by atoms with E-state index in [0.29, 0.717) is 23.0 Å². The van der Waals surface area contributed by atoms with Crippen molar-refractivity contribution in [1.82, 2.24) is 15.1 Å². The van der Waals surface area contributed by atoms with Gasteiger partial charge in [0.05, 0.1) is 30.0 Å². The maximum atomic E-state index is 12.4. The van der Waals surface area contributed by atoms with Crippen molar-refractivity contribution in [3.05, 3.63) is 81.6 Å². The lowest BCUT2D eigenvalue weighted by molar-refractivity contribution is -0.120. The Hall–Kier alpha value is -2.30. The summed E-state index contributed by atoms with van der Waals surface area (Å²) in [5.41, 5.74) is 3.53. The van der Waals surface area contributed by atoms with Crippen molar-refractivity contribution in [2.24, 2.45) is 0 Å². The molecule has 0 unspecified atom stereocenters. The number of benzene rings is 2. The third-order valence-corrected chi connectivity index (χ3v) is 4.84.